The molecule has 0 heterocycles. The zero-order valence-corrected chi connectivity index (χ0v) is 12.4. The molecule has 0 unspecified atom stereocenters. The predicted octanol–water partition coefficient (Wildman–Crippen LogP) is 3.98. The van der Waals surface area contributed by atoms with E-state index in [9.17, 15) is 15.0 Å². The number of carbonyl (C=O) groups excluding carboxylic acids is 1. The summed E-state index contributed by atoms with van der Waals surface area (Å²) in [5.74, 6) is -0.410. The van der Waals surface area contributed by atoms with E-state index in [0.717, 1.165) is 19.3 Å². The molecular formula is C18H20O3. The summed E-state index contributed by atoms with van der Waals surface area (Å²) in [5, 5.41) is 19.5. The van der Waals surface area contributed by atoms with E-state index in [1.165, 1.54) is 17.7 Å². The number of carbonyl (C=O) groups is 1. The van der Waals surface area contributed by atoms with E-state index in [-0.39, 0.29) is 22.8 Å². The number of ketones is 1. The van der Waals surface area contributed by atoms with E-state index in [0.29, 0.717) is 11.1 Å². The van der Waals surface area contributed by atoms with Gasteiger partial charge in [0.15, 0.2) is 5.78 Å². The van der Waals surface area contributed by atoms with Gasteiger partial charge in [-0.3, -0.25) is 4.79 Å². The fourth-order valence-electron chi connectivity index (χ4n) is 2.23. The molecule has 3 heteroatoms. The lowest BCUT2D eigenvalue weighted by Gasteiger charge is -2.08. The van der Waals surface area contributed by atoms with Crippen LogP contribution in [0.1, 0.15) is 46.8 Å². The van der Waals surface area contributed by atoms with E-state index in [4.69, 9.17) is 0 Å². The molecule has 0 aromatic heterocycles. The molecule has 2 rings (SSSR count). The number of phenolic OH excluding ortho intramolecular Hbond substituents is 2. The van der Waals surface area contributed by atoms with E-state index in [1.807, 2.05) is 12.1 Å². The Morgan fingerprint density at radius 1 is 1.05 bits per heavy atom. The van der Waals surface area contributed by atoms with Gasteiger partial charge in [-0.05, 0) is 37.5 Å². The number of phenols is 2. The van der Waals surface area contributed by atoms with Crippen molar-refractivity contribution in [2.75, 3.05) is 0 Å². The zero-order chi connectivity index (χ0) is 15.4. The second kappa shape index (κ2) is 6.44. The lowest BCUT2D eigenvalue weighted by Crippen LogP contribution is -2.02. The van der Waals surface area contributed by atoms with Crippen LogP contribution in [0.3, 0.4) is 0 Å². The Hall–Kier alpha value is -2.29. The van der Waals surface area contributed by atoms with E-state index >= 15 is 0 Å². The number of benzene rings is 2. The molecular weight excluding hydrogens is 264 g/mol. The molecule has 0 spiro atoms. The highest BCUT2D eigenvalue weighted by atomic mass is 16.3. The summed E-state index contributed by atoms with van der Waals surface area (Å²) in [6, 6.07) is 10.4. The van der Waals surface area contributed by atoms with Crippen LogP contribution in [-0.4, -0.2) is 16.0 Å². The molecule has 0 saturated heterocycles. The van der Waals surface area contributed by atoms with Gasteiger partial charge < -0.3 is 10.2 Å². The van der Waals surface area contributed by atoms with E-state index < -0.39 is 0 Å². The van der Waals surface area contributed by atoms with E-state index in [1.54, 1.807) is 19.1 Å². The normalized spacial score (nSPS) is 10.6. The van der Waals surface area contributed by atoms with Crippen LogP contribution in [-0.2, 0) is 6.42 Å². The van der Waals surface area contributed by atoms with Gasteiger partial charge in [-0.1, -0.05) is 37.6 Å². The van der Waals surface area contributed by atoms with Crippen molar-refractivity contribution in [3.05, 3.63) is 58.7 Å². The van der Waals surface area contributed by atoms with Crippen molar-refractivity contribution in [1.29, 1.82) is 0 Å². The number of aryl methyl sites for hydroxylation is 1. The fourth-order valence-corrected chi connectivity index (χ4v) is 2.23. The topological polar surface area (TPSA) is 57.5 Å². The van der Waals surface area contributed by atoms with Crippen molar-refractivity contribution in [2.24, 2.45) is 0 Å². The number of hydrogen-bond acceptors (Lipinski definition) is 3. The zero-order valence-electron chi connectivity index (χ0n) is 12.4. The maximum Gasteiger partial charge on any atom is 0.196 e. The fraction of sp³-hybridized carbons (Fsp3) is 0.278. The Labute approximate surface area is 124 Å². The quantitative estimate of drug-likeness (QED) is 0.816. The maximum atomic E-state index is 12.4. The lowest BCUT2D eigenvalue weighted by atomic mass is 9.98. The molecule has 0 aliphatic carbocycles. The molecule has 0 amide bonds. The predicted molar refractivity (Wildman–Crippen MR) is 83.0 cm³/mol. The molecule has 0 bridgehead atoms. The number of rotatable bonds is 5. The molecule has 0 atom stereocenters. The molecule has 0 radical (unpaired) electrons. The molecule has 2 aromatic rings. The largest absolute Gasteiger partial charge is 0.508 e. The van der Waals surface area contributed by atoms with Crippen LogP contribution in [0, 0.1) is 6.92 Å². The Balaban J connectivity index is 2.26. The van der Waals surface area contributed by atoms with Gasteiger partial charge in [0.05, 0.1) is 5.56 Å². The Kier molecular flexibility index (Phi) is 4.63. The van der Waals surface area contributed by atoms with Crippen molar-refractivity contribution in [3.8, 4) is 11.5 Å². The van der Waals surface area contributed by atoms with Crippen LogP contribution in [0.2, 0.25) is 0 Å². The third-order valence-corrected chi connectivity index (χ3v) is 3.68. The number of unbranched alkanes of at least 4 members (excludes halogenated alkanes) is 1. The van der Waals surface area contributed by atoms with Crippen molar-refractivity contribution in [1.82, 2.24) is 0 Å². The summed E-state index contributed by atoms with van der Waals surface area (Å²) in [5.41, 5.74) is 2.28. The van der Waals surface area contributed by atoms with Gasteiger partial charge in [-0.25, -0.2) is 0 Å². The first-order valence-corrected chi connectivity index (χ1v) is 7.19. The summed E-state index contributed by atoms with van der Waals surface area (Å²) in [7, 11) is 0. The van der Waals surface area contributed by atoms with Crippen molar-refractivity contribution < 1.29 is 15.0 Å². The summed E-state index contributed by atoms with van der Waals surface area (Å²) in [6.45, 7) is 3.73. The molecule has 21 heavy (non-hydrogen) atoms. The lowest BCUT2D eigenvalue weighted by molar-refractivity contribution is 0.103. The third kappa shape index (κ3) is 3.24. The Bertz CT molecular complexity index is 642. The number of aromatic hydroxyl groups is 2. The summed E-state index contributed by atoms with van der Waals surface area (Å²) in [4.78, 5) is 12.4. The summed E-state index contributed by atoms with van der Waals surface area (Å²) < 4.78 is 0. The highest BCUT2D eigenvalue weighted by Gasteiger charge is 2.16. The highest BCUT2D eigenvalue weighted by Crippen LogP contribution is 2.30. The average Bonchev–Trinajstić information content (AvgIpc) is 2.51. The van der Waals surface area contributed by atoms with Crippen LogP contribution >= 0.6 is 0 Å². The van der Waals surface area contributed by atoms with Crippen LogP contribution in [0.15, 0.2) is 36.4 Å². The second-order valence-corrected chi connectivity index (χ2v) is 5.24. The molecule has 3 nitrogen and oxygen atoms in total. The van der Waals surface area contributed by atoms with Gasteiger partial charge in [0.1, 0.15) is 11.5 Å². The van der Waals surface area contributed by atoms with Crippen molar-refractivity contribution >= 4 is 5.78 Å². The first-order valence-electron chi connectivity index (χ1n) is 7.19. The number of hydrogen-bond donors (Lipinski definition) is 2. The van der Waals surface area contributed by atoms with Gasteiger partial charge in [0, 0.05) is 11.1 Å². The minimum atomic E-state index is -0.238. The molecule has 0 saturated carbocycles. The minimum Gasteiger partial charge on any atom is -0.508 e. The minimum absolute atomic E-state index is 0.0148. The third-order valence-electron chi connectivity index (χ3n) is 3.68. The summed E-state index contributed by atoms with van der Waals surface area (Å²) in [6.07, 6.45) is 3.28. The van der Waals surface area contributed by atoms with Crippen LogP contribution in [0.5, 0.6) is 11.5 Å². The van der Waals surface area contributed by atoms with Crippen molar-refractivity contribution in [3.63, 3.8) is 0 Å². The molecule has 0 aliphatic heterocycles. The molecule has 110 valence electrons. The molecule has 2 N–H and O–H groups in total. The molecule has 0 fully saturated rings. The second-order valence-electron chi connectivity index (χ2n) is 5.24. The highest BCUT2D eigenvalue weighted by molar-refractivity contribution is 6.11. The standard InChI is InChI=1S/C18H20O3/c1-3-4-5-13-6-8-14(9-7-13)18(21)15-10-11-16(19)12(2)17(15)20/h6-11,19-20H,3-5H2,1-2H3. The Morgan fingerprint density at radius 2 is 1.71 bits per heavy atom. The summed E-state index contributed by atoms with van der Waals surface area (Å²) >= 11 is 0. The van der Waals surface area contributed by atoms with Crippen LogP contribution < -0.4 is 0 Å². The SMILES string of the molecule is CCCCc1ccc(C(=O)c2ccc(O)c(C)c2O)cc1. The van der Waals surface area contributed by atoms with Gasteiger partial charge >= 0.3 is 0 Å². The Morgan fingerprint density at radius 3 is 2.33 bits per heavy atom. The smallest absolute Gasteiger partial charge is 0.196 e. The van der Waals surface area contributed by atoms with Gasteiger partial charge in [0.2, 0.25) is 0 Å². The van der Waals surface area contributed by atoms with Gasteiger partial charge in [-0.2, -0.15) is 0 Å². The first-order chi connectivity index (χ1) is 10.0. The first kappa shape index (κ1) is 15.1. The van der Waals surface area contributed by atoms with Crippen molar-refractivity contribution in [2.45, 2.75) is 33.1 Å². The molecule has 2 aromatic carbocycles. The van der Waals surface area contributed by atoms with Gasteiger partial charge in [0.25, 0.3) is 0 Å². The monoisotopic (exact) mass is 284 g/mol. The molecule has 0 aliphatic rings. The van der Waals surface area contributed by atoms with E-state index in [2.05, 4.69) is 6.92 Å². The van der Waals surface area contributed by atoms with Gasteiger partial charge in [-0.15, -0.1) is 0 Å². The maximum absolute atomic E-state index is 12.4. The van der Waals surface area contributed by atoms with Crippen LogP contribution in [0.4, 0.5) is 0 Å². The van der Waals surface area contributed by atoms with Crippen LogP contribution in [0.25, 0.3) is 0 Å². The average molecular weight is 284 g/mol.